The molecule has 6 rings (SSSR count). The average Bonchev–Trinajstić information content (AvgIpc) is 2.96. The Morgan fingerprint density at radius 1 is 1.20 bits per heavy atom. The third-order valence-corrected chi connectivity index (χ3v) is 7.99. The monoisotopic (exact) mass is 475 g/mol. The molecule has 0 saturated carbocycles. The first-order valence-electron chi connectivity index (χ1n) is 12.7. The van der Waals surface area contributed by atoms with Crippen molar-refractivity contribution in [2.45, 2.75) is 50.7 Å². The fraction of sp³-hybridized carbons (Fsp3) is 0.519. The lowest BCUT2D eigenvalue weighted by molar-refractivity contribution is -0.134. The van der Waals surface area contributed by atoms with Gasteiger partial charge in [-0.1, -0.05) is 6.58 Å². The molecule has 2 aromatic heterocycles. The fourth-order valence-electron chi connectivity index (χ4n) is 5.87. The van der Waals surface area contributed by atoms with E-state index in [0.29, 0.717) is 17.9 Å². The highest BCUT2D eigenvalue weighted by Gasteiger charge is 2.41. The van der Waals surface area contributed by atoms with Crippen molar-refractivity contribution in [3.8, 4) is 5.75 Å². The Hall–Kier alpha value is -2.97. The summed E-state index contributed by atoms with van der Waals surface area (Å²) in [5.74, 6) is 2.57. The molecular weight excluding hydrogens is 442 g/mol. The number of hydrogen-bond donors (Lipinski definition) is 1. The van der Waals surface area contributed by atoms with Crippen molar-refractivity contribution in [1.29, 1.82) is 0 Å². The second-order valence-corrected chi connectivity index (χ2v) is 10.2. The summed E-state index contributed by atoms with van der Waals surface area (Å²) in [6.07, 6.45) is 5.24. The van der Waals surface area contributed by atoms with E-state index < -0.39 is 0 Å². The number of carbonyl (C=O) groups is 1. The Morgan fingerprint density at radius 3 is 2.71 bits per heavy atom. The van der Waals surface area contributed by atoms with Crippen LogP contribution in [0.4, 0.5) is 11.5 Å². The van der Waals surface area contributed by atoms with Gasteiger partial charge in [0.05, 0.1) is 11.4 Å². The van der Waals surface area contributed by atoms with Gasteiger partial charge >= 0.3 is 0 Å². The van der Waals surface area contributed by atoms with E-state index in [0.717, 1.165) is 86.4 Å². The largest absolute Gasteiger partial charge is 0.482 e. The van der Waals surface area contributed by atoms with E-state index in [1.165, 1.54) is 11.6 Å². The summed E-state index contributed by atoms with van der Waals surface area (Å²) in [6, 6.07) is 4.73. The van der Waals surface area contributed by atoms with Crippen LogP contribution in [0.25, 0.3) is 0 Å². The molecule has 0 unspecified atom stereocenters. The molecule has 8 heteroatoms. The topological polar surface area (TPSA) is 79.8 Å². The van der Waals surface area contributed by atoms with E-state index in [1.807, 2.05) is 18.0 Å². The molecule has 4 aliphatic heterocycles. The first-order valence-corrected chi connectivity index (χ1v) is 12.7. The molecule has 8 nitrogen and oxygen atoms in total. The van der Waals surface area contributed by atoms with Crippen molar-refractivity contribution in [1.82, 2.24) is 19.8 Å². The van der Waals surface area contributed by atoms with Crippen molar-refractivity contribution in [2.24, 2.45) is 0 Å². The number of likely N-dealkylation sites (tertiary alicyclic amines) is 2. The molecule has 1 amide bonds. The van der Waals surface area contributed by atoms with E-state index >= 15 is 0 Å². The van der Waals surface area contributed by atoms with Gasteiger partial charge in [0.1, 0.15) is 11.9 Å². The van der Waals surface area contributed by atoms with Gasteiger partial charge < -0.3 is 19.7 Å². The summed E-state index contributed by atoms with van der Waals surface area (Å²) in [4.78, 5) is 25.7. The minimum absolute atomic E-state index is 0.0236. The predicted octanol–water partition coefficient (Wildman–Crippen LogP) is 3.67. The van der Waals surface area contributed by atoms with Gasteiger partial charge in [0.2, 0.25) is 5.91 Å². The molecule has 0 aromatic carbocycles. The van der Waals surface area contributed by atoms with Crippen LogP contribution in [0.1, 0.15) is 60.2 Å². The zero-order valence-corrected chi connectivity index (χ0v) is 20.5. The van der Waals surface area contributed by atoms with Crippen LogP contribution in [-0.2, 0) is 9.53 Å². The van der Waals surface area contributed by atoms with Crippen molar-refractivity contribution in [2.75, 3.05) is 44.7 Å². The number of pyridine rings is 2. The molecule has 3 fully saturated rings. The number of ether oxygens (including phenoxy) is 2. The number of nitrogens with zero attached hydrogens (tertiary/aromatic N) is 4. The Balaban J connectivity index is 1.21. The van der Waals surface area contributed by atoms with Crippen LogP contribution in [0.5, 0.6) is 5.75 Å². The minimum atomic E-state index is -0.115. The van der Waals surface area contributed by atoms with Gasteiger partial charge in [-0.25, -0.2) is 4.98 Å². The van der Waals surface area contributed by atoms with Gasteiger partial charge in [-0.15, -0.1) is 0 Å². The fourth-order valence-corrected chi connectivity index (χ4v) is 5.87. The van der Waals surface area contributed by atoms with E-state index in [4.69, 9.17) is 19.4 Å². The summed E-state index contributed by atoms with van der Waals surface area (Å²) in [7, 11) is 0. The van der Waals surface area contributed by atoms with Crippen LogP contribution in [-0.4, -0.2) is 71.1 Å². The van der Waals surface area contributed by atoms with Crippen LogP contribution in [0.15, 0.2) is 31.0 Å². The Bertz CT molecular complexity index is 1150. The lowest BCUT2D eigenvalue weighted by Gasteiger charge is -2.51. The second kappa shape index (κ2) is 8.91. The van der Waals surface area contributed by atoms with Crippen LogP contribution < -0.4 is 10.1 Å². The molecule has 1 N–H and O–H groups in total. The maximum atomic E-state index is 11.7. The first kappa shape index (κ1) is 22.5. The van der Waals surface area contributed by atoms with E-state index in [9.17, 15) is 4.79 Å². The normalized spacial score (nSPS) is 23.1. The molecule has 2 aromatic rings. The maximum Gasteiger partial charge on any atom is 0.246 e. The Labute approximate surface area is 206 Å². The molecule has 0 spiro atoms. The molecule has 0 bridgehead atoms. The highest BCUT2D eigenvalue weighted by atomic mass is 16.5. The number of rotatable bonds is 4. The highest BCUT2D eigenvalue weighted by Crippen LogP contribution is 2.44. The molecular formula is C27H33N5O3. The first-order chi connectivity index (χ1) is 17.0. The number of amides is 1. The molecule has 3 saturated heterocycles. The third-order valence-electron chi connectivity index (χ3n) is 7.99. The van der Waals surface area contributed by atoms with E-state index in [2.05, 4.69) is 35.9 Å². The number of aryl methyl sites for hydroxylation is 1. The highest BCUT2D eigenvalue weighted by molar-refractivity contribution is 5.87. The summed E-state index contributed by atoms with van der Waals surface area (Å²) in [6.45, 7) is 12.8. The van der Waals surface area contributed by atoms with Crippen LogP contribution in [0, 0.1) is 6.92 Å². The van der Waals surface area contributed by atoms with Crippen molar-refractivity contribution in [3.63, 3.8) is 0 Å². The molecule has 6 heterocycles. The van der Waals surface area contributed by atoms with Gasteiger partial charge in [0, 0.05) is 68.8 Å². The zero-order valence-electron chi connectivity index (χ0n) is 20.5. The Morgan fingerprint density at radius 2 is 1.97 bits per heavy atom. The number of aromatic nitrogens is 2. The zero-order chi connectivity index (χ0) is 24.1. The van der Waals surface area contributed by atoms with Crippen molar-refractivity contribution < 1.29 is 14.3 Å². The smallest absolute Gasteiger partial charge is 0.246 e. The number of hydrogen-bond acceptors (Lipinski definition) is 7. The second-order valence-electron chi connectivity index (χ2n) is 10.2. The summed E-state index contributed by atoms with van der Waals surface area (Å²) < 4.78 is 12.1. The lowest BCUT2D eigenvalue weighted by Crippen LogP contribution is -2.65. The van der Waals surface area contributed by atoms with E-state index in [-0.39, 0.29) is 12.0 Å². The molecule has 4 aliphatic rings. The lowest BCUT2D eigenvalue weighted by atomic mass is 9.87. The summed E-state index contributed by atoms with van der Waals surface area (Å²) in [5, 5.41) is 3.60. The average molecular weight is 476 g/mol. The summed E-state index contributed by atoms with van der Waals surface area (Å²) >= 11 is 0. The van der Waals surface area contributed by atoms with Gasteiger partial charge in [0.15, 0.2) is 5.75 Å². The SMILES string of the molecule is C=CC(=O)N1CC(N2CC(c3cc4c(c(C)n3)O[C@@H](C)c3c(C5CCOCC5)ccnc3N4)C2)C1. The maximum absolute atomic E-state index is 11.7. The summed E-state index contributed by atoms with van der Waals surface area (Å²) in [5.41, 5.74) is 5.40. The molecule has 0 aliphatic carbocycles. The quantitative estimate of drug-likeness (QED) is 0.676. The number of fused-ring (bicyclic) bond motifs is 2. The Kier molecular flexibility index (Phi) is 5.73. The standard InChI is InChI=1S/C27H33N5O3/c1-4-24(33)32-14-20(15-32)31-12-19(13-31)22-11-23-26(16(2)29-22)35-17(3)25-21(5-8-28-27(25)30-23)18-6-9-34-10-7-18/h4-5,8,11,17-20H,1,6-7,9-10,12-15H2,2-3H3,(H,28,30)/t17-/m0/s1. The van der Waals surface area contributed by atoms with E-state index in [1.54, 1.807) is 0 Å². The predicted molar refractivity (Wildman–Crippen MR) is 133 cm³/mol. The van der Waals surface area contributed by atoms with Crippen LogP contribution in [0.2, 0.25) is 0 Å². The van der Waals surface area contributed by atoms with Gasteiger partial charge in [-0.3, -0.25) is 14.7 Å². The minimum Gasteiger partial charge on any atom is -0.482 e. The van der Waals surface area contributed by atoms with Gasteiger partial charge in [-0.05, 0) is 56.4 Å². The van der Waals surface area contributed by atoms with Crippen LogP contribution in [0.3, 0.4) is 0 Å². The molecule has 0 radical (unpaired) electrons. The number of nitrogens with one attached hydrogen (secondary N) is 1. The molecule has 184 valence electrons. The van der Waals surface area contributed by atoms with Crippen molar-refractivity contribution >= 4 is 17.4 Å². The number of anilines is 2. The third kappa shape index (κ3) is 3.98. The van der Waals surface area contributed by atoms with Gasteiger partial charge in [-0.2, -0.15) is 0 Å². The van der Waals surface area contributed by atoms with Gasteiger partial charge in [0.25, 0.3) is 0 Å². The number of carbonyl (C=O) groups excluding carboxylic acids is 1. The molecule has 1 atom stereocenters. The molecule has 35 heavy (non-hydrogen) atoms. The van der Waals surface area contributed by atoms with Crippen molar-refractivity contribution in [3.05, 3.63) is 53.5 Å². The van der Waals surface area contributed by atoms with Crippen LogP contribution >= 0.6 is 0 Å².